The van der Waals surface area contributed by atoms with E-state index in [1.807, 2.05) is 44.2 Å². The fourth-order valence-electron chi connectivity index (χ4n) is 4.54. The number of hydrogen-bond acceptors (Lipinski definition) is 4. The maximum atomic E-state index is 13.7. The fraction of sp³-hybridized carbons (Fsp3) is 0.138. The molecule has 0 aliphatic carbocycles. The van der Waals surface area contributed by atoms with Crippen molar-refractivity contribution in [3.05, 3.63) is 117 Å². The Kier molecular flexibility index (Phi) is 6.73. The number of carbonyl (C=O) groups is 2. The lowest BCUT2D eigenvalue weighted by Gasteiger charge is -2.30. The van der Waals surface area contributed by atoms with Gasteiger partial charge in [-0.15, -0.1) is 0 Å². The smallest absolute Gasteiger partial charge is 0.261 e. The van der Waals surface area contributed by atoms with Crippen molar-refractivity contribution in [1.29, 1.82) is 0 Å². The minimum atomic E-state index is -0.623. The maximum absolute atomic E-state index is 13.7. The van der Waals surface area contributed by atoms with Crippen molar-refractivity contribution in [2.24, 2.45) is 0 Å². The van der Waals surface area contributed by atoms with Gasteiger partial charge in [0.1, 0.15) is 23.2 Å². The Balaban J connectivity index is 1.53. The van der Waals surface area contributed by atoms with Crippen molar-refractivity contribution >= 4 is 40.6 Å². The Bertz CT molecular complexity index is 1580. The molecule has 0 radical (unpaired) electrons. The lowest BCUT2D eigenvalue weighted by atomic mass is 9.94. The van der Waals surface area contributed by atoms with Crippen LogP contribution in [0.3, 0.4) is 0 Å². The summed E-state index contributed by atoms with van der Waals surface area (Å²) in [6.07, 6.45) is 1.45. The average molecular weight is 530 g/mol. The molecule has 2 heterocycles. The summed E-state index contributed by atoms with van der Waals surface area (Å²) in [6.45, 7) is 5.73. The fourth-order valence-corrected chi connectivity index (χ4v) is 4.67. The largest absolute Gasteiger partial charge is 0.343 e. The van der Waals surface area contributed by atoms with Crippen LogP contribution in [0.1, 0.15) is 40.0 Å². The van der Waals surface area contributed by atoms with E-state index in [4.69, 9.17) is 11.6 Å². The van der Waals surface area contributed by atoms with Gasteiger partial charge in [-0.1, -0.05) is 41.4 Å². The van der Waals surface area contributed by atoms with E-state index in [1.54, 1.807) is 23.7 Å². The van der Waals surface area contributed by atoms with Gasteiger partial charge in [0.25, 0.3) is 11.8 Å². The molecular weight excluding hydrogens is 505 g/mol. The molecule has 3 aromatic carbocycles. The van der Waals surface area contributed by atoms with Crippen LogP contribution in [0.15, 0.2) is 84.2 Å². The van der Waals surface area contributed by atoms with Crippen molar-refractivity contribution in [2.75, 3.05) is 16.0 Å². The van der Waals surface area contributed by atoms with Crippen molar-refractivity contribution in [3.63, 3.8) is 0 Å². The number of aromatic nitrogens is 2. The Morgan fingerprint density at radius 3 is 2.34 bits per heavy atom. The van der Waals surface area contributed by atoms with E-state index in [-0.39, 0.29) is 11.5 Å². The Labute approximate surface area is 224 Å². The number of amides is 2. The lowest BCUT2D eigenvalue weighted by molar-refractivity contribution is -0.113. The van der Waals surface area contributed by atoms with Crippen LogP contribution in [0.25, 0.3) is 0 Å². The van der Waals surface area contributed by atoms with Crippen LogP contribution in [0, 0.1) is 19.7 Å². The monoisotopic (exact) mass is 529 g/mol. The van der Waals surface area contributed by atoms with Gasteiger partial charge in [0.2, 0.25) is 0 Å². The topological polar surface area (TPSA) is 88.0 Å². The summed E-state index contributed by atoms with van der Waals surface area (Å²) in [4.78, 5) is 26.8. The number of halogens is 2. The molecule has 0 fully saturated rings. The number of hydrogen-bond donors (Lipinski definition) is 3. The van der Waals surface area contributed by atoms with E-state index < -0.39 is 17.8 Å². The van der Waals surface area contributed by atoms with Crippen LogP contribution < -0.4 is 16.0 Å². The summed E-state index contributed by atoms with van der Waals surface area (Å²) in [7, 11) is 0. The highest BCUT2D eigenvalue weighted by molar-refractivity contribution is 6.30. The molecule has 1 aromatic heterocycles. The van der Waals surface area contributed by atoms with E-state index in [0.29, 0.717) is 33.5 Å². The van der Waals surface area contributed by atoms with E-state index >= 15 is 0 Å². The van der Waals surface area contributed by atoms with Gasteiger partial charge in [0.15, 0.2) is 0 Å². The third kappa shape index (κ3) is 4.90. The van der Waals surface area contributed by atoms with Crippen molar-refractivity contribution in [3.8, 4) is 0 Å². The first-order valence-electron chi connectivity index (χ1n) is 12.0. The lowest BCUT2D eigenvalue weighted by Crippen LogP contribution is -2.32. The van der Waals surface area contributed by atoms with E-state index in [2.05, 4.69) is 21.0 Å². The Morgan fingerprint density at radius 1 is 0.947 bits per heavy atom. The van der Waals surface area contributed by atoms with Gasteiger partial charge in [-0.05, 0) is 74.4 Å². The predicted molar refractivity (Wildman–Crippen MR) is 147 cm³/mol. The van der Waals surface area contributed by atoms with Crippen LogP contribution in [-0.2, 0) is 4.79 Å². The zero-order valence-electron chi connectivity index (χ0n) is 21.0. The first-order chi connectivity index (χ1) is 18.2. The SMILES string of the molecule is CC1=C(C(=O)Nc2ccc(C)cc2C)[C@@H](c2ccc(Cl)cc2)n2ncc(C(=O)Nc3ccc(F)cc3)c2N1. The molecule has 3 N–H and O–H groups in total. The van der Waals surface area contributed by atoms with Gasteiger partial charge in [0.05, 0.1) is 11.8 Å². The van der Waals surface area contributed by atoms with Crippen LogP contribution in [0.2, 0.25) is 5.02 Å². The summed E-state index contributed by atoms with van der Waals surface area (Å²) in [5.41, 5.74) is 5.29. The molecule has 4 aromatic rings. The standard InChI is InChI=1S/C29H25ClFN5O2/c1-16-4-13-24(17(2)14-16)35-29(38)25-18(3)33-27-23(28(37)34-22-11-9-21(31)10-12-22)15-32-36(27)26(25)19-5-7-20(30)8-6-19/h4-15,26,33H,1-3H3,(H,34,37)(H,35,38)/t26-/m1/s1. The number of fused-ring (bicyclic) bond motifs is 1. The second kappa shape index (κ2) is 10.1. The summed E-state index contributed by atoms with van der Waals surface area (Å²) in [5, 5.41) is 14.1. The van der Waals surface area contributed by atoms with Crippen LogP contribution in [0.4, 0.5) is 21.6 Å². The molecule has 1 aliphatic rings. The van der Waals surface area contributed by atoms with Gasteiger partial charge >= 0.3 is 0 Å². The zero-order chi connectivity index (χ0) is 27.0. The van der Waals surface area contributed by atoms with E-state index in [1.165, 1.54) is 30.5 Å². The van der Waals surface area contributed by atoms with E-state index in [0.717, 1.165) is 16.7 Å². The molecule has 0 saturated carbocycles. The minimum Gasteiger partial charge on any atom is -0.343 e. The van der Waals surface area contributed by atoms with Crippen LogP contribution >= 0.6 is 11.6 Å². The Hall–Kier alpha value is -4.43. The highest BCUT2D eigenvalue weighted by Crippen LogP contribution is 2.38. The molecule has 5 rings (SSSR count). The quantitative estimate of drug-likeness (QED) is 0.276. The number of aryl methyl sites for hydroxylation is 2. The molecule has 2 amide bonds. The predicted octanol–water partition coefficient (Wildman–Crippen LogP) is 6.47. The number of rotatable bonds is 5. The molecule has 192 valence electrons. The summed E-state index contributed by atoms with van der Waals surface area (Å²) in [6, 6.07) is 17.9. The zero-order valence-corrected chi connectivity index (χ0v) is 21.7. The molecule has 0 bridgehead atoms. The maximum Gasteiger partial charge on any atom is 0.261 e. The van der Waals surface area contributed by atoms with Crippen molar-refractivity contribution in [2.45, 2.75) is 26.8 Å². The second-order valence-corrected chi connectivity index (χ2v) is 9.64. The molecule has 0 saturated heterocycles. The average Bonchev–Trinajstić information content (AvgIpc) is 3.30. The highest BCUT2D eigenvalue weighted by Gasteiger charge is 2.35. The normalized spacial score (nSPS) is 14.5. The number of carbonyl (C=O) groups excluding carboxylic acids is 2. The number of allylic oxidation sites excluding steroid dienone is 1. The molecule has 0 unspecified atom stereocenters. The van der Waals surface area contributed by atoms with Gasteiger partial charge in [-0.2, -0.15) is 5.10 Å². The molecule has 0 spiro atoms. The molecule has 9 heteroatoms. The number of benzene rings is 3. The summed E-state index contributed by atoms with van der Waals surface area (Å²) >= 11 is 6.15. The number of nitrogens with zero attached hydrogens (tertiary/aromatic N) is 2. The summed E-state index contributed by atoms with van der Waals surface area (Å²) < 4.78 is 14.9. The number of anilines is 3. The molecule has 1 aliphatic heterocycles. The molecular formula is C29H25ClFN5O2. The van der Waals surface area contributed by atoms with Crippen molar-refractivity contribution < 1.29 is 14.0 Å². The Morgan fingerprint density at radius 2 is 1.66 bits per heavy atom. The van der Waals surface area contributed by atoms with Gasteiger partial charge in [-0.3, -0.25) is 9.59 Å². The number of nitrogens with one attached hydrogen (secondary N) is 3. The third-order valence-electron chi connectivity index (χ3n) is 6.43. The first-order valence-corrected chi connectivity index (χ1v) is 12.4. The molecule has 7 nitrogen and oxygen atoms in total. The third-order valence-corrected chi connectivity index (χ3v) is 6.68. The highest BCUT2D eigenvalue weighted by atomic mass is 35.5. The van der Waals surface area contributed by atoms with Crippen molar-refractivity contribution in [1.82, 2.24) is 9.78 Å². The van der Waals surface area contributed by atoms with Gasteiger partial charge < -0.3 is 16.0 Å². The second-order valence-electron chi connectivity index (χ2n) is 9.20. The first kappa shape index (κ1) is 25.2. The minimum absolute atomic E-state index is 0.279. The van der Waals surface area contributed by atoms with Crippen LogP contribution in [-0.4, -0.2) is 21.6 Å². The van der Waals surface area contributed by atoms with E-state index in [9.17, 15) is 14.0 Å². The molecule has 38 heavy (non-hydrogen) atoms. The van der Waals surface area contributed by atoms with Gasteiger partial charge in [-0.25, -0.2) is 9.07 Å². The molecule has 1 atom stereocenters. The van der Waals surface area contributed by atoms with Gasteiger partial charge in [0, 0.05) is 22.1 Å². The van der Waals surface area contributed by atoms with Crippen LogP contribution in [0.5, 0.6) is 0 Å². The summed E-state index contributed by atoms with van der Waals surface area (Å²) in [5.74, 6) is -0.674.